The molecule has 0 aromatic heterocycles. The molecule has 0 bridgehead atoms. The van der Waals surface area contributed by atoms with Crippen LogP contribution in [-0.4, -0.2) is 27.5 Å². The normalized spacial score (nSPS) is 33.6. The molecule has 1 rings (SSSR count). The van der Waals surface area contributed by atoms with Gasteiger partial charge in [0.05, 0.1) is 10.8 Å². The highest BCUT2D eigenvalue weighted by Crippen LogP contribution is 2.45. The predicted octanol–water partition coefficient (Wildman–Crippen LogP) is 2.28. The van der Waals surface area contributed by atoms with Crippen molar-refractivity contribution in [3.63, 3.8) is 0 Å². The minimum atomic E-state index is -1.07. The van der Waals surface area contributed by atoms with Crippen LogP contribution in [0.15, 0.2) is 12.2 Å². The van der Waals surface area contributed by atoms with Gasteiger partial charge in [-0.25, -0.2) is 0 Å². The molecule has 0 saturated carbocycles. The van der Waals surface area contributed by atoms with Gasteiger partial charge in [-0.1, -0.05) is 28.1 Å². The summed E-state index contributed by atoms with van der Waals surface area (Å²) in [5.74, 6) is -1.88. The first-order chi connectivity index (χ1) is 7.36. The number of aliphatic carboxylic acids is 2. The minimum absolute atomic E-state index is 0.146. The summed E-state index contributed by atoms with van der Waals surface area (Å²) in [4.78, 5) is 22.5. The van der Waals surface area contributed by atoms with E-state index in [0.717, 1.165) is 0 Å². The highest BCUT2D eigenvalue weighted by molar-refractivity contribution is 9.09. The largest absolute Gasteiger partial charge is 0.481 e. The third-order valence-electron chi connectivity index (χ3n) is 3.22. The van der Waals surface area contributed by atoms with Gasteiger partial charge in [0.15, 0.2) is 0 Å². The van der Waals surface area contributed by atoms with Gasteiger partial charge in [-0.2, -0.15) is 0 Å². The number of carboxylic acids is 2. The van der Waals surface area contributed by atoms with E-state index in [1.165, 1.54) is 0 Å². The molecule has 0 saturated heterocycles. The van der Waals surface area contributed by atoms with Crippen LogP contribution in [0.5, 0.6) is 0 Å². The summed E-state index contributed by atoms with van der Waals surface area (Å²) in [6, 6.07) is 0. The molecule has 4 nitrogen and oxygen atoms in total. The van der Waals surface area contributed by atoms with Gasteiger partial charge in [0, 0.05) is 5.33 Å². The first-order valence-corrected chi connectivity index (χ1v) is 6.19. The molecule has 90 valence electrons. The van der Waals surface area contributed by atoms with Gasteiger partial charge in [0.25, 0.3) is 0 Å². The topological polar surface area (TPSA) is 74.6 Å². The fourth-order valence-electron chi connectivity index (χ4n) is 2.17. The van der Waals surface area contributed by atoms with Crippen LogP contribution in [0.4, 0.5) is 0 Å². The molecule has 0 radical (unpaired) electrons. The molecule has 2 N–H and O–H groups in total. The second-order valence-electron chi connectivity index (χ2n) is 4.53. The molecule has 1 aliphatic carbocycles. The lowest BCUT2D eigenvalue weighted by atomic mass is 9.65. The van der Waals surface area contributed by atoms with Crippen LogP contribution >= 0.6 is 15.9 Å². The molecule has 2 unspecified atom stereocenters. The van der Waals surface area contributed by atoms with E-state index >= 15 is 0 Å². The molecule has 5 heteroatoms. The third-order valence-corrected chi connectivity index (χ3v) is 3.61. The number of allylic oxidation sites excluding steroid dienone is 1. The Kier molecular flexibility index (Phi) is 3.78. The molecule has 0 aromatic rings. The lowest BCUT2D eigenvalue weighted by molar-refractivity contribution is -0.155. The van der Waals surface area contributed by atoms with E-state index in [1.54, 1.807) is 19.1 Å². The van der Waals surface area contributed by atoms with Gasteiger partial charge in [-0.05, 0) is 26.2 Å². The summed E-state index contributed by atoms with van der Waals surface area (Å²) in [6.45, 7) is 1.57. The second kappa shape index (κ2) is 4.57. The van der Waals surface area contributed by atoms with Crippen LogP contribution in [0.3, 0.4) is 0 Å². The minimum Gasteiger partial charge on any atom is -0.481 e. The zero-order valence-corrected chi connectivity index (χ0v) is 10.7. The Labute approximate surface area is 102 Å². The Morgan fingerprint density at radius 1 is 1.38 bits per heavy atom. The summed E-state index contributed by atoms with van der Waals surface area (Å²) in [6.07, 6.45) is 4.26. The molecule has 0 aliphatic heterocycles. The second-order valence-corrected chi connectivity index (χ2v) is 5.32. The van der Waals surface area contributed by atoms with Crippen molar-refractivity contribution >= 4 is 27.9 Å². The fraction of sp³-hybridized carbons (Fsp3) is 0.636. The molecule has 0 aromatic carbocycles. The maximum Gasteiger partial charge on any atom is 0.313 e. The van der Waals surface area contributed by atoms with Crippen LogP contribution in [0, 0.1) is 10.8 Å². The Hall–Kier alpha value is -0.840. The quantitative estimate of drug-likeness (QED) is 0.615. The Morgan fingerprint density at radius 2 is 2.00 bits per heavy atom. The van der Waals surface area contributed by atoms with Gasteiger partial charge in [0.1, 0.15) is 0 Å². The molecule has 1 aliphatic rings. The van der Waals surface area contributed by atoms with Gasteiger partial charge in [0.2, 0.25) is 0 Å². The highest BCUT2D eigenvalue weighted by Gasteiger charge is 2.47. The van der Waals surface area contributed by atoms with Crippen molar-refractivity contribution < 1.29 is 19.8 Å². The maximum atomic E-state index is 11.3. The van der Waals surface area contributed by atoms with Crippen LogP contribution in [0.25, 0.3) is 0 Å². The van der Waals surface area contributed by atoms with E-state index in [2.05, 4.69) is 15.9 Å². The molecule has 0 amide bonds. The van der Waals surface area contributed by atoms with Crippen molar-refractivity contribution in [2.45, 2.75) is 26.2 Å². The van der Waals surface area contributed by atoms with E-state index in [1.807, 2.05) is 0 Å². The summed E-state index contributed by atoms with van der Waals surface area (Å²) < 4.78 is 0. The summed E-state index contributed by atoms with van der Waals surface area (Å²) in [5.41, 5.74) is -2.02. The summed E-state index contributed by atoms with van der Waals surface area (Å²) >= 11 is 3.23. The van der Waals surface area contributed by atoms with Gasteiger partial charge >= 0.3 is 11.9 Å². The zero-order valence-electron chi connectivity index (χ0n) is 9.07. The number of rotatable bonds is 4. The molecular weight excluding hydrogens is 276 g/mol. The van der Waals surface area contributed by atoms with Crippen LogP contribution in [0.2, 0.25) is 0 Å². The number of alkyl halides is 1. The van der Waals surface area contributed by atoms with E-state index in [-0.39, 0.29) is 6.42 Å². The third kappa shape index (κ3) is 2.29. The van der Waals surface area contributed by atoms with Crippen molar-refractivity contribution in [2.75, 3.05) is 5.33 Å². The zero-order chi connectivity index (χ0) is 12.4. The Bertz CT molecular complexity index is 339. The van der Waals surface area contributed by atoms with E-state index in [9.17, 15) is 14.7 Å². The van der Waals surface area contributed by atoms with Crippen LogP contribution in [-0.2, 0) is 9.59 Å². The first kappa shape index (κ1) is 13.2. The maximum absolute atomic E-state index is 11.3. The molecule has 0 fully saturated rings. The van der Waals surface area contributed by atoms with Crippen molar-refractivity contribution in [3.05, 3.63) is 12.2 Å². The first-order valence-electron chi connectivity index (χ1n) is 5.07. The van der Waals surface area contributed by atoms with E-state index < -0.39 is 22.8 Å². The average molecular weight is 291 g/mol. The standard InChI is InChI=1S/C11H15BrO4/c1-10(8(13)14)3-2-4-11(7-10,5-6-12)9(15)16/h2-3H,4-7H2,1H3,(H,13,14)(H,15,16). The fourth-order valence-corrected chi connectivity index (χ4v) is 2.93. The molecule has 0 spiro atoms. The lowest BCUT2D eigenvalue weighted by Crippen LogP contribution is -2.42. The number of hydrogen-bond donors (Lipinski definition) is 2. The van der Waals surface area contributed by atoms with Gasteiger partial charge < -0.3 is 10.2 Å². The van der Waals surface area contributed by atoms with Gasteiger partial charge in [-0.3, -0.25) is 9.59 Å². The summed E-state index contributed by atoms with van der Waals surface area (Å²) in [5, 5.41) is 19.0. The average Bonchev–Trinajstić information content (AvgIpc) is 2.17. The number of carboxylic acid groups (broad SMARTS) is 2. The Balaban J connectivity index is 3.04. The SMILES string of the molecule is CC1(C(=O)O)C=CCC(CCBr)(C(=O)O)C1. The molecule has 2 atom stereocenters. The van der Waals surface area contributed by atoms with Crippen LogP contribution < -0.4 is 0 Å². The number of hydrogen-bond acceptors (Lipinski definition) is 2. The van der Waals surface area contributed by atoms with E-state index in [0.29, 0.717) is 18.2 Å². The van der Waals surface area contributed by atoms with E-state index in [4.69, 9.17) is 5.11 Å². The van der Waals surface area contributed by atoms with Crippen LogP contribution in [0.1, 0.15) is 26.2 Å². The summed E-state index contributed by atoms with van der Waals surface area (Å²) in [7, 11) is 0. The smallest absolute Gasteiger partial charge is 0.313 e. The lowest BCUT2D eigenvalue weighted by Gasteiger charge is -2.37. The van der Waals surface area contributed by atoms with Crippen molar-refractivity contribution in [1.82, 2.24) is 0 Å². The monoisotopic (exact) mass is 290 g/mol. The van der Waals surface area contributed by atoms with Crippen molar-refractivity contribution in [3.8, 4) is 0 Å². The molecule has 0 heterocycles. The number of halogens is 1. The highest BCUT2D eigenvalue weighted by atomic mass is 79.9. The molecular formula is C11H15BrO4. The molecule has 16 heavy (non-hydrogen) atoms. The predicted molar refractivity (Wildman–Crippen MR) is 62.6 cm³/mol. The number of carbonyl (C=O) groups is 2. The van der Waals surface area contributed by atoms with Crippen molar-refractivity contribution in [1.29, 1.82) is 0 Å². The van der Waals surface area contributed by atoms with Crippen molar-refractivity contribution in [2.24, 2.45) is 10.8 Å². The Morgan fingerprint density at radius 3 is 2.44 bits per heavy atom. The van der Waals surface area contributed by atoms with Gasteiger partial charge in [-0.15, -0.1) is 0 Å².